The lowest BCUT2D eigenvalue weighted by atomic mass is 10.3. The molecule has 0 amide bonds. The molecular formula is C14H22N2O4S. The van der Waals surface area contributed by atoms with Crippen LogP contribution in [0, 0.1) is 0 Å². The lowest BCUT2D eigenvalue weighted by Gasteiger charge is -2.23. The summed E-state index contributed by atoms with van der Waals surface area (Å²) in [6, 6.07) is 5.06. The third-order valence-corrected chi connectivity index (χ3v) is 5.33. The van der Waals surface area contributed by atoms with Crippen LogP contribution in [0.1, 0.15) is 25.7 Å². The monoisotopic (exact) mass is 314 g/mol. The molecule has 1 saturated carbocycles. The van der Waals surface area contributed by atoms with E-state index in [0.29, 0.717) is 17.2 Å². The Morgan fingerprint density at radius 1 is 1.14 bits per heavy atom. The smallest absolute Gasteiger partial charge is 0.301 e. The molecule has 0 saturated heterocycles. The van der Waals surface area contributed by atoms with Crippen molar-refractivity contribution in [1.82, 2.24) is 4.72 Å². The molecule has 1 aliphatic rings. The van der Waals surface area contributed by atoms with E-state index in [9.17, 15) is 8.42 Å². The summed E-state index contributed by atoms with van der Waals surface area (Å²) in [4.78, 5) is 0. The second kappa shape index (κ2) is 6.53. The van der Waals surface area contributed by atoms with Crippen molar-refractivity contribution < 1.29 is 17.9 Å². The number of methoxy groups -OCH3 is 2. The van der Waals surface area contributed by atoms with Gasteiger partial charge in [-0.15, -0.1) is 0 Å². The fraction of sp³-hybridized carbons (Fsp3) is 0.571. The van der Waals surface area contributed by atoms with Crippen molar-refractivity contribution in [2.24, 2.45) is 0 Å². The summed E-state index contributed by atoms with van der Waals surface area (Å²) >= 11 is 0. The minimum absolute atomic E-state index is 0.0394. The van der Waals surface area contributed by atoms with Gasteiger partial charge in [-0.3, -0.25) is 4.31 Å². The van der Waals surface area contributed by atoms with Gasteiger partial charge >= 0.3 is 10.2 Å². The zero-order chi connectivity index (χ0) is 15.5. The Morgan fingerprint density at radius 2 is 1.76 bits per heavy atom. The number of anilines is 1. The van der Waals surface area contributed by atoms with E-state index >= 15 is 0 Å². The lowest BCUT2D eigenvalue weighted by Crippen LogP contribution is -2.42. The predicted molar refractivity (Wildman–Crippen MR) is 82.3 cm³/mol. The fourth-order valence-corrected chi connectivity index (χ4v) is 3.70. The average molecular weight is 314 g/mol. The van der Waals surface area contributed by atoms with Gasteiger partial charge in [0.25, 0.3) is 0 Å². The van der Waals surface area contributed by atoms with Gasteiger partial charge in [-0.25, -0.2) is 0 Å². The fourth-order valence-electron chi connectivity index (χ4n) is 2.49. The molecule has 1 fully saturated rings. The van der Waals surface area contributed by atoms with Gasteiger partial charge < -0.3 is 9.47 Å². The lowest BCUT2D eigenvalue weighted by molar-refractivity contribution is 0.355. The van der Waals surface area contributed by atoms with E-state index in [4.69, 9.17) is 9.47 Å². The van der Waals surface area contributed by atoms with Crippen LogP contribution in [0.4, 0.5) is 5.69 Å². The van der Waals surface area contributed by atoms with Crippen LogP contribution in [0.3, 0.4) is 0 Å². The number of ether oxygens (including phenoxy) is 2. The summed E-state index contributed by atoms with van der Waals surface area (Å²) in [5, 5.41) is 0. The van der Waals surface area contributed by atoms with Crippen molar-refractivity contribution >= 4 is 15.9 Å². The van der Waals surface area contributed by atoms with E-state index in [1.807, 2.05) is 0 Å². The maximum atomic E-state index is 12.4. The highest BCUT2D eigenvalue weighted by molar-refractivity contribution is 7.90. The molecule has 0 atom stereocenters. The molecular weight excluding hydrogens is 292 g/mol. The summed E-state index contributed by atoms with van der Waals surface area (Å²) in [5.41, 5.74) is 0.526. The van der Waals surface area contributed by atoms with Crippen LogP contribution in [-0.2, 0) is 10.2 Å². The van der Waals surface area contributed by atoms with E-state index in [-0.39, 0.29) is 6.04 Å². The Bertz CT molecular complexity index is 583. The normalized spacial score (nSPS) is 16.0. The van der Waals surface area contributed by atoms with Crippen LogP contribution >= 0.6 is 0 Å². The van der Waals surface area contributed by atoms with E-state index in [2.05, 4.69) is 4.72 Å². The number of benzene rings is 1. The van der Waals surface area contributed by atoms with Gasteiger partial charge in [0, 0.05) is 19.2 Å². The van der Waals surface area contributed by atoms with Crippen LogP contribution in [0.25, 0.3) is 0 Å². The molecule has 6 nitrogen and oxygen atoms in total. The van der Waals surface area contributed by atoms with Crippen molar-refractivity contribution in [3.63, 3.8) is 0 Å². The van der Waals surface area contributed by atoms with Gasteiger partial charge in [0.2, 0.25) is 0 Å². The first-order valence-electron chi connectivity index (χ1n) is 6.96. The largest absolute Gasteiger partial charge is 0.493 e. The summed E-state index contributed by atoms with van der Waals surface area (Å²) in [6.45, 7) is 0. The van der Waals surface area contributed by atoms with Gasteiger partial charge in [-0.1, -0.05) is 12.8 Å². The third-order valence-electron chi connectivity index (χ3n) is 3.76. The Morgan fingerprint density at radius 3 is 2.33 bits per heavy atom. The molecule has 0 unspecified atom stereocenters. The highest BCUT2D eigenvalue weighted by atomic mass is 32.2. The molecule has 0 spiro atoms. The zero-order valence-electron chi connectivity index (χ0n) is 12.6. The molecule has 1 N–H and O–H groups in total. The van der Waals surface area contributed by atoms with Crippen LogP contribution in [0.2, 0.25) is 0 Å². The van der Waals surface area contributed by atoms with Gasteiger partial charge in [0.15, 0.2) is 11.5 Å². The zero-order valence-corrected chi connectivity index (χ0v) is 13.4. The second-order valence-electron chi connectivity index (χ2n) is 5.11. The Hall–Kier alpha value is -1.47. The molecule has 0 aliphatic heterocycles. The van der Waals surface area contributed by atoms with Gasteiger partial charge in [-0.2, -0.15) is 13.1 Å². The van der Waals surface area contributed by atoms with Crippen molar-refractivity contribution in [2.45, 2.75) is 31.7 Å². The Kier molecular flexibility index (Phi) is 4.95. The van der Waals surface area contributed by atoms with Crippen LogP contribution in [0.15, 0.2) is 18.2 Å². The van der Waals surface area contributed by atoms with E-state index < -0.39 is 10.2 Å². The quantitative estimate of drug-likeness (QED) is 0.871. The van der Waals surface area contributed by atoms with Crippen molar-refractivity contribution in [1.29, 1.82) is 0 Å². The molecule has 0 aromatic heterocycles. The molecule has 0 heterocycles. The molecule has 1 aromatic carbocycles. The number of hydrogen-bond acceptors (Lipinski definition) is 4. The molecule has 0 bridgehead atoms. The average Bonchev–Trinajstić information content (AvgIpc) is 2.97. The van der Waals surface area contributed by atoms with Gasteiger partial charge in [0.1, 0.15) is 0 Å². The summed E-state index contributed by atoms with van der Waals surface area (Å²) in [7, 11) is 1.03. The minimum atomic E-state index is -3.55. The molecule has 7 heteroatoms. The van der Waals surface area contributed by atoms with E-state index in [1.165, 1.54) is 18.5 Å². The van der Waals surface area contributed by atoms with E-state index in [1.54, 1.807) is 25.3 Å². The Labute approximate surface area is 126 Å². The van der Waals surface area contributed by atoms with Crippen LogP contribution < -0.4 is 18.5 Å². The Balaban J connectivity index is 2.19. The summed E-state index contributed by atoms with van der Waals surface area (Å²) in [5.74, 6) is 1.06. The maximum Gasteiger partial charge on any atom is 0.301 e. The molecule has 1 aromatic rings. The number of rotatable bonds is 6. The number of nitrogens with zero attached hydrogens (tertiary/aromatic N) is 1. The first-order valence-corrected chi connectivity index (χ1v) is 8.40. The highest BCUT2D eigenvalue weighted by Crippen LogP contribution is 2.32. The number of nitrogens with one attached hydrogen (secondary N) is 1. The standard InChI is InChI=1S/C14H22N2O4S/c1-16(21(17,18)15-11-6-4-5-7-11)12-8-9-13(19-2)14(10-12)20-3/h8-11,15H,4-7H2,1-3H3. The van der Waals surface area contributed by atoms with Gasteiger partial charge in [-0.05, 0) is 25.0 Å². The van der Waals surface area contributed by atoms with Gasteiger partial charge in [0.05, 0.1) is 19.9 Å². The number of hydrogen-bond donors (Lipinski definition) is 1. The highest BCUT2D eigenvalue weighted by Gasteiger charge is 2.25. The van der Waals surface area contributed by atoms with Crippen LogP contribution in [0.5, 0.6) is 11.5 Å². The summed E-state index contributed by atoms with van der Waals surface area (Å²) < 4.78 is 39.1. The van der Waals surface area contributed by atoms with Crippen molar-refractivity contribution in [3.05, 3.63) is 18.2 Å². The molecule has 0 radical (unpaired) electrons. The van der Waals surface area contributed by atoms with Crippen molar-refractivity contribution in [3.8, 4) is 11.5 Å². The first-order chi connectivity index (χ1) is 9.97. The molecule has 2 rings (SSSR count). The SMILES string of the molecule is COc1ccc(N(C)S(=O)(=O)NC2CCCC2)cc1OC. The molecule has 1 aliphatic carbocycles. The molecule has 21 heavy (non-hydrogen) atoms. The predicted octanol–water partition coefficient (Wildman–Crippen LogP) is 1.92. The second-order valence-corrected chi connectivity index (χ2v) is 6.84. The maximum absolute atomic E-state index is 12.4. The van der Waals surface area contributed by atoms with Crippen molar-refractivity contribution in [2.75, 3.05) is 25.6 Å². The minimum Gasteiger partial charge on any atom is -0.493 e. The van der Waals surface area contributed by atoms with E-state index in [0.717, 1.165) is 25.7 Å². The third kappa shape index (κ3) is 3.59. The molecule has 118 valence electrons. The first kappa shape index (κ1) is 15.9. The summed E-state index contributed by atoms with van der Waals surface area (Å²) in [6.07, 6.45) is 3.96. The topological polar surface area (TPSA) is 67.9 Å². The van der Waals surface area contributed by atoms with Crippen LogP contribution in [-0.4, -0.2) is 35.7 Å².